The molecular formula is C8H11N3O3S. The number of aromatic nitrogens is 1. The number of sulfonamides is 1. The summed E-state index contributed by atoms with van der Waals surface area (Å²) < 4.78 is 21.1. The predicted molar refractivity (Wildman–Crippen MR) is 54.5 cm³/mol. The number of hydrogen-bond donors (Lipinski definition) is 2. The Morgan fingerprint density at radius 1 is 1.47 bits per heavy atom. The summed E-state index contributed by atoms with van der Waals surface area (Å²) in [6.07, 6.45) is 1.48. The summed E-state index contributed by atoms with van der Waals surface area (Å²) in [5, 5.41) is 7.16. The molecule has 0 saturated carbocycles. The molecule has 0 aromatic carbocycles. The highest BCUT2D eigenvalue weighted by Gasteiger charge is 2.07. The molecule has 82 valence electrons. The summed E-state index contributed by atoms with van der Waals surface area (Å²) in [4.78, 5) is 15.1. The minimum atomic E-state index is -3.54. The standard InChI is InChI=1S/C8H11N3O3S/c9-15(13,14)6-5-11-8(12)7-3-1-2-4-10-7/h1-4H,5-6H2,(H,11,12)(H2,9,13,14). The van der Waals surface area contributed by atoms with E-state index in [2.05, 4.69) is 10.3 Å². The van der Waals surface area contributed by atoms with Gasteiger partial charge in [-0.05, 0) is 12.1 Å². The topological polar surface area (TPSA) is 102 Å². The summed E-state index contributed by atoms with van der Waals surface area (Å²) in [6, 6.07) is 4.88. The number of primary sulfonamides is 1. The van der Waals surface area contributed by atoms with Crippen molar-refractivity contribution in [1.29, 1.82) is 0 Å². The number of nitrogens with zero attached hydrogens (tertiary/aromatic N) is 1. The van der Waals surface area contributed by atoms with E-state index < -0.39 is 15.9 Å². The maximum Gasteiger partial charge on any atom is 0.269 e. The number of carbonyl (C=O) groups excluding carboxylic acids is 1. The zero-order valence-electron chi connectivity index (χ0n) is 7.88. The fourth-order valence-corrected chi connectivity index (χ4v) is 1.28. The molecule has 1 aromatic heterocycles. The second-order valence-electron chi connectivity index (χ2n) is 2.84. The Bertz CT molecular complexity index is 430. The van der Waals surface area contributed by atoms with E-state index in [1.54, 1.807) is 12.1 Å². The second kappa shape index (κ2) is 4.85. The SMILES string of the molecule is NS(=O)(=O)CCNC(=O)c1ccccn1. The van der Waals surface area contributed by atoms with Crippen molar-refractivity contribution >= 4 is 15.9 Å². The normalized spacial score (nSPS) is 11.0. The number of amides is 1. The first-order valence-electron chi connectivity index (χ1n) is 4.19. The molecule has 3 N–H and O–H groups in total. The lowest BCUT2D eigenvalue weighted by atomic mass is 10.3. The number of nitrogens with two attached hydrogens (primary N) is 1. The summed E-state index contributed by atoms with van der Waals surface area (Å²) >= 11 is 0. The fraction of sp³-hybridized carbons (Fsp3) is 0.250. The highest BCUT2D eigenvalue weighted by molar-refractivity contribution is 7.89. The maximum atomic E-state index is 11.3. The van der Waals surface area contributed by atoms with Crippen molar-refractivity contribution in [2.45, 2.75) is 0 Å². The molecule has 1 heterocycles. The highest BCUT2D eigenvalue weighted by atomic mass is 32.2. The molecule has 15 heavy (non-hydrogen) atoms. The zero-order chi connectivity index (χ0) is 11.3. The van der Waals surface area contributed by atoms with Crippen LogP contribution in [0.1, 0.15) is 10.5 Å². The van der Waals surface area contributed by atoms with Gasteiger partial charge in [-0.15, -0.1) is 0 Å². The summed E-state index contributed by atoms with van der Waals surface area (Å²) in [5.74, 6) is -0.703. The number of rotatable bonds is 4. The van der Waals surface area contributed by atoms with Gasteiger partial charge in [0.25, 0.3) is 5.91 Å². The number of carbonyl (C=O) groups is 1. The van der Waals surface area contributed by atoms with E-state index in [4.69, 9.17) is 5.14 Å². The third kappa shape index (κ3) is 4.52. The Hall–Kier alpha value is -1.47. The Balaban J connectivity index is 2.45. The molecule has 0 bridgehead atoms. The van der Waals surface area contributed by atoms with Gasteiger partial charge in [0.2, 0.25) is 10.0 Å². The van der Waals surface area contributed by atoms with Crippen LogP contribution in [0, 0.1) is 0 Å². The second-order valence-corrected chi connectivity index (χ2v) is 4.57. The Morgan fingerprint density at radius 2 is 2.20 bits per heavy atom. The van der Waals surface area contributed by atoms with Crippen LogP contribution in [0.5, 0.6) is 0 Å². The highest BCUT2D eigenvalue weighted by Crippen LogP contribution is 1.92. The Kier molecular flexibility index (Phi) is 3.75. The minimum absolute atomic E-state index is 0.0196. The third-order valence-electron chi connectivity index (χ3n) is 1.57. The van der Waals surface area contributed by atoms with Gasteiger partial charge in [0, 0.05) is 12.7 Å². The lowest BCUT2D eigenvalue weighted by Gasteiger charge is -2.02. The van der Waals surface area contributed by atoms with Crippen LogP contribution in [0.2, 0.25) is 0 Å². The smallest absolute Gasteiger partial charge is 0.269 e. The van der Waals surface area contributed by atoms with Gasteiger partial charge in [-0.2, -0.15) is 0 Å². The molecule has 1 aromatic rings. The first kappa shape index (κ1) is 11.6. The predicted octanol–water partition coefficient (Wildman–Crippen LogP) is -0.900. The quantitative estimate of drug-likeness (QED) is 0.698. The van der Waals surface area contributed by atoms with Crippen molar-refractivity contribution in [2.24, 2.45) is 5.14 Å². The summed E-state index contributed by atoms with van der Waals surface area (Å²) in [6.45, 7) is -0.0196. The van der Waals surface area contributed by atoms with Crippen LogP contribution in [0.4, 0.5) is 0 Å². The summed E-state index contributed by atoms with van der Waals surface area (Å²) in [7, 11) is -3.54. The van der Waals surface area contributed by atoms with Crippen LogP contribution in [0.3, 0.4) is 0 Å². The molecule has 0 fully saturated rings. The van der Waals surface area contributed by atoms with E-state index in [1.807, 2.05) is 0 Å². The molecule has 0 aliphatic heterocycles. The van der Waals surface area contributed by atoms with Crippen LogP contribution in [-0.2, 0) is 10.0 Å². The number of nitrogens with one attached hydrogen (secondary N) is 1. The Labute approximate surface area is 87.6 Å². The van der Waals surface area contributed by atoms with E-state index >= 15 is 0 Å². The zero-order valence-corrected chi connectivity index (χ0v) is 8.70. The minimum Gasteiger partial charge on any atom is -0.350 e. The van der Waals surface area contributed by atoms with Gasteiger partial charge in [0.15, 0.2) is 0 Å². The van der Waals surface area contributed by atoms with Crippen LogP contribution < -0.4 is 10.5 Å². The average Bonchev–Trinajstić information content (AvgIpc) is 2.17. The molecule has 0 spiro atoms. The first-order chi connectivity index (χ1) is 6.99. The van der Waals surface area contributed by atoms with Crippen molar-refractivity contribution in [3.8, 4) is 0 Å². The van der Waals surface area contributed by atoms with Crippen molar-refractivity contribution in [3.05, 3.63) is 30.1 Å². The van der Waals surface area contributed by atoms with Gasteiger partial charge in [-0.3, -0.25) is 9.78 Å². The molecular weight excluding hydrogens is 218 g/mol. The van der Waals surface area contributed by atoms with E-state index in [9.17, 15) is 13.2 Å². The first-order valence-corrected chi connectivity index (χ1v) is 5.90. The van der Waals surface area contributed by atoms with Gasteiger partial charge in [-0.25, -0.2) is 13.6 Å². The van der Waals surface area contributed by atoms with Crippen LogP contribution in [-0.4, -0.2) is 31.6 Å². The summed E-state index contributed by atoms with van der Waals surface area (Å²) in [5.41, 5.74) is 0.243. The van der Waals surface area contributed by atoms with E-state index in [1.165, 1.54) is 12.3 Å². The molecule has 1 amide bonds. The fourth-order valence-electron chi connectivity index (χ4n) is 0.894. The molecule has 1 rings (SSSR count). The maximum absolute atomic E-state index is 11.3. The van der Waals surface area contributed by atoms with E-state index in [0.717, 1.165) is 0 Å². The lowest BCUT2D eigenvalue weighted by molar-refractivity contribution is 0.0951. The van der Waals surface area contributed by atoms with Crippen LogP contribution in [0.15, 0.2) is 24.4 Å². The van der Waals surface area contributed by atoms with Gasteiger partial charge < -0.3 is 5.32 Å². The van der Waals surface area contributed by atoms with Crippen molar-refractivity contribution in [3.63, 3.8) is 0 Å². The number of hydrogen-bond acceptors (Lipinski definition) is 4. The molecule has 0 saturated heterocycles. The third-order valence-corrected chi connectivity index (χ3v) is 2.34. The van der Waals surface area contributed by atoms with Gasteiger partial charge >= 0.3 is 0 Å². The van der Waals surface area contributed by atoms with Gasteiger partial charge in [-0.1, -0.05) is 6.07 Å². The molecule has 0 unspecified atom stereocenters. The molecule has 0 aliphatic carbocycles. The monoisotopic (exact) mass is 229 g/mol. The van der Waals surface area contributed by atoms with Gasteiger partial charge in [0.1, 0.15) is 5.69 Å². The average molecular weight is 229 g/mol. The lowest BCUT2D eigenvalue weighted by Crippen LogP contribution is -2.31. The molecule has 6 nitrogen and oxygen atoms in total. The van der Waals surface area contributed by atoms with E-state index in [-0.39, 0.29) is 18.0 Å². The van der Waals surface area contributed by atoms with Crippen LogP contribution in [0.25, 0.3) is 0 Å². The Morgan fingerprint density at radius 3 is 2.73 bits per heavy atom. The van der Waals surface area contributed by atoms with Crippen molar-refractivity contribution in [2.75, 3.05) is 12.3 Å². The molecule has 0 aliphatic rings. The largest absolute Gasteiger partial charge is 0.350 e. The molecule has 0 atom stereocenters. The van der Waals surface area contributed by atoms with Crippen LogP contribution >= 0.6 is 0 Å². The molecule has 0 radical (unpaired) electrons. The molecule has 7 heteroatoms. The van der Waals surface area contributed by atoms with E-state index in [0.29, 0.717) is 0 Å². The van der Waals surface area contributed by atoms with Crippen molar-refractivity contribution in [1.82, 2.24) is 10.3 Å². The van der Waals surface area contributed by atoms with Crippen molar-refractivity contribution < 1.29 is 13.2 Å². The van der Waals surface area contributed by atoms with Gasteiger partial charge in [0.05, 0.1) is 5.75 Å². The number of pyridine rings is 1.